The Balaban J connectivity index is 1.15. The van der Waals surface area contributed by atoms with E-state index in [0.29, 0.717) is 12.0 Å². The number of ether oxygens (including phenoxy) is 1. The molecule has 1 aromatic heterocycles. The number of rotatable bonds is 6. The van der Waals surface area contributed by atoms with Crippen LogP contribution < -0.4 is 0 Å². The zero-order valence-electron chi connectivity index (χ0n) is 13.4. The third kappa shape index (κ3) is 3.51. The van der Waals surface area contributed by atoms with E-state index in [9.17, 15) is 0 Å². The molecule has 4 rings (SSSR count). The summed E-state index contributed by atoms with van der Waals surface area (Å²) in [5, 5.41) is 4.05. The SMILES string of the molecule is C1CCC(N2CCC(OCCc3noc(C4CC4)n3)CC2)C1. The topological polar surface area (TPSA) is 51.4 Å². The van der Waals surface area contributed by atoms with Crippen LogP contribution >= 0.6 is 0 Å². The molecule has 0 unspecified atom stereocenters. The Kier molecular flexibility index (Phi) is 4.44. The highest BCUT2D eigenvalue weighted by Crippen LogP contribution is 2.38. The molecule has 0 bridgehead atoms. The first kappa shape index (κ1) is 14.6. The van der Waals surface area contributed by atoms with Gasteiger partial charge >= 0.3 is 0 Å². The van der Waals surface area contributed by atoms with Gasteiger partial charge in [0, 0.05) is 31.5 Å². The molecular weight excluding hydrogens is 278 g/mol. The third-order valence-electron chi connectivity index (χ3n) is 5.41. The average Bonchev–Trinajstić information content (AvgIpc) is 3.06. The number of piperidine rings is 1. The van der Waals surface area contributed by atoms with Gasteiger partial charge in [-0.2, -0.15) is 4.98 Å². The van der Waals surface area contributed by atoms with Gasteiger partial charge in [-0.3, -0.25) is 0 Å². The molecule has 0 spiro atoms. The molecule has 22 heavy (non-hydrogen) atoms. The van der Waals surface area contributed by atoms with Crippen molar-refractivity contribution < 1.29 is 9.26 Å². The number of likely N-dealkylation sites (tertiary alicyclic amines) is 1. The molecule has 2 aliphatic carbocycles. The summed E-state index contributed by atoms with van der Waals surface area (Å²) in [5.74, 6) is 2.19. The van der Waals surface area contributed by atoms with Gasteiger partial charge in [0.25, 0.3) is 0 Å². The lowest BCUT2D eigenvalue weighted by Gasteiger charge is -2.35. The minimum Gasteiger partial charge on any atom is -0.378 e. The average molecular weight is 305 g/mol. The van der Waals surface area contributed by atoms with E-state index in [-0.39, 0.29) is 0 Å². The molecule has 1 aliphatic heterocycles. The predicted molar refractivity (Wildman–Crippen MR) is 82.8 cm³/mol. The van der Waals surface area contributed by atoms with Crippen molar-refractivity contribution in [3.8, 4) is 0 Å². The number of hydrogen-bond donors (Lipinski definition) is 0. The van der Waals surface area contributed by atoms with Crippen molar-refractivity contribution >= 4 is 0 Å². The van der Waals surface area contributed by atoms with Crippen LogP contribution in [0.15, 0.2) is 4.52 Å². The lowest BCUT2D eigenvalue weighted by Crippen LogP contribution is -2.42. The van der Waals surface area contributed by atoms with E-state index in [1.807, 2.05) is 0 Å². The van der Waals surface area contributed by atoms with Crippen LogP contribution in [0.4, 0.5) is 0 Å². The van der Waals surface area contributed by atoms with Crippen molar-refractivity contribution in [1.82, 2.24) is 15.0 Å². The van der Waals surface area contributed by atoms with Gasteiger partial charge in [-0.15, -0.1) is 0 Å². The first-order valence-electron chi connectivity index (χ1n) is 9.06. The van der Waals surface area contributed by atoms with E-state index in [1.165, 1.54) is 64.5 Å². The van der Waals surface area contributed by atoms with E-state index < -0.39 is 0 Å². The molecule has 0 amide bonds. The molecular formula is C17H27N3O2. The molecule has 1 saturated heterocycles. The summed E-state index contributed by atoms with van der Waals surface area (Å²) < 4.78 is 11.3. The smallest absolute Gasteiger partial charge is 0.229 e. The van der Waals surface area contributed by atoms with Gasteiger partial charge in [-0.05, 0) is 38.5 Å². The second-order valence-corrected chi connectivity index (χ2v) is 7.12. The lowest BCUT2D eigenvalue weighted by atomic mass is 10.0. The van der Waals surface area contributed by atoms with Crippen LogP contribution in [0.5, 0.6) is 0 Å². The maximum Gasteiger partial charge on any atom is 0.229 e. The van der Waals surface area contributed by atoms with Gasteiger partial charge in [-0.25, -0.2) is 0 Å². The minimum atomic E-state index is 0.424. The Labute approximate surface area is 132 Å². The maximum atomic E-state index is 6.03. The zero-order valence-corrected chi connectivity index (χ0v) is 13.4. The van der Waals surface area contributed by atoms with Crippen molar-refractivity contribution in [3.05, 3.63) is 11.7 Å². The fourth-order valence-corrected chi connectivity index (χ4v) is 3.86. The molecule has 0 atom stereocenters. The first-order chi connectivity index (χ1) is 10.9. The summed E-state index contributed by atoms with van der Waals surface area (Å²) in [5.41, 5.74) is 0. The molecule has 5 nitrogen and oxygen atoms in total. The number of hydrogen-bond acceptors (Lipinski definition) is 5. The summed E-state index contributed by atoms with van der Waals surface area (Å²) in [4.78, 5) is 7.14. The number of aromatic nitrogens is 2. The Morgan fingerprint density at radius 2 is 1.82 bits per heavy atom. The van der Waals surface area contributed by atoms with Gasteiger partial charge in [-0.1, -0.05) is 18.0 Å². The number of nitrogens with zero attached hydrogens (tertiary/aromatic N) is 3. The summed E-state index contributed by atoms with van der Waals surface area (Å²) in [6.07, 6.45) is 11.6. The molecule has 2 saturated carbocycles. The quantitative estimate of drug-likeness (QED) is 0.809. The molecule has 5 heteroatoms. The summed E-state index contributed by atoms with van der Waals surface area (Å²) in [6.45, 7) is 3.14. The fraction of sp³-hybridized carbons (Fsp3) is 0.882. The van der Waals surface area contributed by atoms with Gasteiger partial charge < -0.3 is 14.2 Å². The zero-order chi connectivity index (χ0) is 14.8. The second kappa shape index (κ2) is 6.67. The first-order valence-corrected chi connectivity index (χ1v) is 9.06. The van der Waals surface area contributed by atoms with Crippen molar-refractivity contribution in [2.45, 2.75) is 75.9 Å². The Hall–Kier alpha value is -0.940. The van der Waals surface area contributed by atoms with E-state index in [1.54, 1.807) is 0 Å². The highest BCUT2D eigenvalue weighted by atomic mass is 16.5. The minimum absolute atomic E-state index is 0.424. The van der Waals surface area contributed by atoms with Crippen LogP contribution in [-0.4, -0.2) is 46.9 Å². The van der Waals surface area contributed by atoms with E-state index in [4.69, 9.17) is 9.26 Å². The van der Waals surface area contributed by atoms with Crippen molar-refractivity contribution in [3.63, 3.8) is 0 Å². The molecule has 3 aliphatic rings. The molecule has 2 heterocycles. The third-order valence-corrected chi connectivity index (χ3v) is 5.41. The summed E-state index contributed by atoms with van der Waals surface area (Å²) >= 11 is 0. The van der Waals surface area contributed by atoms with E-state index in [2.05, 4.69) is 15.0 Å². The lowest BCUT2D eigenvalue weighted by molar-refractivity contribution is -0.000508. The van der Waals surface area contributed by atoms with Gasteiger partial charge in [0.05, 0.1) is 12.7 Å². The van der Waals surface area contributed by atoms with E-state index >= 15 is 0 Å². The van der Waals surface area contributed by atoms with Crippen LogP contribution in [0.1, 0.15) is 69.0 Å². The molecule has 3 fully saturated rings. The van der Waals surface area contributed by atoms with Crippen LogP contribution in [0.25, 0.3) is 0 Å². The normalized spacial score (nSPS) is 25.1. The van der Waals surface area contributed by atoms with Gasteiger partial charge in [0.15, 0.2) is 5.82 Å². The molecule has 1 aromatic rings. The second-order valence-electron chi connectivity index (χ2n) is 7.12. The standard InChI is InChI=1S/C17H27N3O2/c1-2-4-14(3-1)20-10-7-15(8-11-20)21-12-9-16-18-17(22-19-16)13-5-6-13/h13-15H,1-12H2. The Morgan fingerprint density at radius 1 is 1.05 bits per heavy atom. The maximum absolute atomic E-state index is 6.03. The molecule has 0 aromatic carbocycles. The van der Waals surface area contributed by atoms with Crippen LogP contribution in [0.2, 0.25) is 0 Å². The molecule has 0 radical (unpaired) electrons. The Morgan fingerprint density at radius 3 is 2.55 bits per heavy atom. The predicted octanol–water partition coefficient (Wildman–Crippen LogP) is 2.91. The van der Waals surface area contributed by atoms with Gasteiger partial charge in [0.2, 0.25) is 5.89 Å². The molecule has 0 N–H and O–H groups in total. The largest absolute Gasteiger partial charge is 0.378 e. The highest BCUT2D eigenvalue weighted by Gasteiger charge is 2.30. The van der Waals surface area contributed by atoms with Crippen molar-refractivity contribution in [2.24, 2.45) is 0 Å². The monoisotopic (exact) mass is 305 g/mol. The summed E-state index contributed by atoms with van der Waals surface area (Å²) in [7, 11) is 0. The van der Waals surface area contributed by atoms with Crippen molar-refractivity contribution in [1.29, 1.82) is 0 Å². The van der Waals surface area contributed by atoms with Crippen LogP contribution in [-0.2, 0) is 11.2 Å². The highest BCUT2D eigenvalue weighted by molar-refractivity contribution is 5.01. The Bertz CT molecular complexity index is 472. The van der Waals surface area contributed by atoms with Crippen LogP contribution in [0, 0.1) is 0 Å². The van der Waals surface area contributed by atoms with Gasteiger partial charge in [0.1, 0.15) is 0 Å². The molecule has 122 valence electrons. The van der Waals surface area contributed by atoms with Crippen molar-refractivity contribution in [2.75, 3.05) is 19.7 Å². The summed E-state index contributed by atoms with van der Waals surface area (Å²) in [6, 6.07) is 0.862. The fourth-order valence-electron chi connectivity index (χ4n) is 3.86. The van der Waals surface area contributed by atoms with E-state index in [0.717, 1.165) is 30.8 Å². The van der Waals surface area contributed by atoms with Crippen LogP contribution in [0.3, 0.4) is 0 Å².